The summed E-state index contributed by atoms with van der Waals surface area (Å²) in [6.07, 6.45) is -4.88. The number of aliphatic hydroxyl groups is 2. The van der Waals surface area contributed by atoms with E-state index in [-0.39, 0.29) is 96.9 Å². The van der Waals surface area contributed by atoms with Gasteiger partial charge in [-0.15, -0.1) is 0 Å². The van der Waals surface area contributed by atoms with Gasteiger partial charge in [-0.05, 0) is 0 Å². The Morgan fingerprint density at radius 2 is 1.17 bits per heavy atom. The van der Waals surface area contributed by atoms with Crippen molar-refractivity contribution >= 4 is 57.4 Å². The molecule has 2 N–H and O–H groups in total. The molecule has 2 unspecified atom stereocenters. The molecule has 0 amide bonds. The molecule has 0 fully saturated rings. The van der Waals surface area contributed by atoms with Crippen molar-refractivity contribution in [3.8, 4) is 0 Å². The molecule has 0 aliphatic rings. The van der Waals surface area contributed by atoms with Crippen molar-refractivity contribution < 1.29 is 81.4 Å². The number of carbonyl (C=O) groups excluding carboxylic acids is 2. The van der Waals surface area contributed by atoms with Gasteiger partial charge in [0, 0.05) is 0 Å². The van der Waals surface area contributed by atoms with E-state index in [1.165, 1.54) is 0 Å². The minimum atomic E-state index is -2.44. The van der Waals surface area contributed by atoms with Crippen molar-refractivity contribution in [3.05, 3.63) is 0 Å². The second-order valence-corrected chi connectivity index (χ2v) is 1.53. The van der Waals surface area contributed by atoms with E-state index in [1.807, 2.05) is 0 Å². The molecule has 0 aliphatic carbocycles. The number of carboxylic acid groups (broad SMARTS) is 2. The van der Waals surface area contributed by atoms with Crippen molar-refractivity contribution in [1.82, 2.24) is 0 Å². The maximum Gasteiger partial charge on any atom is 2.00 e. The average Bonchev–Trinajstić information content (AvgIpc) is 1.84. The fraction of sp³-hybridized carbons (Fsp3) is 0.500. The zero-order chi connectivity index (χ0) is 8.31. The molecular weight excluding hydrogens is 271 g/mol. The molecule has 0 spiro atoms. The maximum absolute atomic E-state index is 9.63. The van der Waals surface area contributed by atoms with Crippen LogP contribution in [0.4, 0.5) is 0 Å². The second-order valence-electron chi connectivity index (χ2n) is 1.53. The summed E-state index contributed by atoms with van der Waals surface area (Å²) in [5.74, 6) is -4.12. The molecule has 58 valence electrons. The Morgan fingerprint density at radius 3 is 1.25 bits per heavy atom. The van der Waals surface area contributed by atoms with Crippen LogP contribution in [0.2, 0.25) is 0 Å². The van der Waals surface area contributed by atoms with Crippen LogP contribution < -0.4 is 61.6 Å². The van der Waals surface area contributed by atoms with Crippen LogP contribution >= 0.6 is 0 Å². The quantitative estimate of drug-likeness (QED) is 0.493. The zero-order valence-corrected chi connectivity index (χ0v) is 13.0. The van der Waals surface area contributed by atoms with Crippen molar-refractivity contribution in [1.29, 1.82) is 0 Å². The van der Waals surface area contributed by atoms with E-state index in [0.717, 1.165) is 0 Å². The topological polar surface area (TPSA) is 121 Å². The first-order valence-electron chi connectivity index (χ1n) is 2.24. The number of carbonyl (C=O) groups is 2. The van der Waals surface area contributed by atoms with Crippen LogP contribution in [0.15, 0.2) is 0 Å². The predicted molar refractivity (Wildman–Crippen MR) is 27.8 cm³/mol. The summed E-state index contributed by atoms with van der Waals surface area (Å²) in [7, 11) is 0. The molecule has 8 heteroatoms. The maximum atomic E-state index is 9.63. The number of aliphatic carboxylic acids is 2. The van der Waals surface area contributed by atoms with Gasteiger partial charge < -0.3 is 30.0 Å². The predicted octanol–water partition coefficient (Wildman–Crippen LogP) is -8.17. The smallest absolute Gasteiger partial charge is 0.547 e. The van der Waals surface area contributed by atoms with Gasteiger partial charge in [0.2, 0.25) is 0 Å². The third-order valence-corrected chi connectivity index (χ3v) is 0.782. The van der Waals surface area contributed by atoms with E-state index in [4.69, 9.17) is 10.2 Å². The first-order valence-corrected chi connectivity index (χ1v) is 2.24. The van der Waals surface area contributed by atoms with E-state index >= 15 is 0 Å². The van der Waals surface area contributed by atoms with E-state index < -0.39 is 24.1 Å². The van der Waals surface area contributed by atoms with Gasteiger partial charge in [-0.1, -0.05) is 0 Å². The van der Waals surface area contributed by atoms with Gasteiger partial charge in [0.05, 0.1) is 11.9 Å². The molecule has 0 rings (SSSR count). The molecule has 0 aromatic rings. The molecule has 0 aliphatic heterocycles. The molecule has 6 nitrogen and oxygen atoms in total. The molecule has 12 heavy (non-hydrogen) atoms. The van der Waals surface area contributed by atoms with Crippen LogP contribution in [0.5, 0.6) is 0 Å². The van der Waals surface area contributed by atoms with Gasteiger partial charge >= 0.3 is 96.9 Å². The molecule has 0 bridgehead atoms. The number of aliphatic hydroxyl groups excluding tert-OH is 2. The standard InChI is InChI=1S/C4H6O6.K.Sr/c5-1(3(7)8)2(6)4(9)10;;/h1-2,5-6H,(H,7,8)(H,9,10);;/q;+1;+2/p-2. The summed E-state index contributed by atoms with van der Waals surface area (Å²) < 4.78 is 0. The largest absolute Gasteiger partial charge is 2.00 e. The Bertz CT molecular complexity index is 144. The fourth-order valence-corrected chi connectivity index (χ4v) is 0.258. The van der Waals surface area contributed by atoms with E-state index in [0.29, 0.717) is 0 Å². The Balaban J connectivity index is -0.000000405. The van der Waals surface area contributed by atoms with Gasteiger partial charge in [-0.25, -0.2) is 0 Å². The monoisotopic (exact) mass is 275 g/mol. The SMILES string of the molecule is O=C([O-])C(O)C(O)C(=O)[O-].[K+].[Sr+2]. The van der Waals surface area contributed by atoms with Gasteiger partial charge in [-0.2, -0.15) is 0 Å². The first-order chi connectivity index (χ1) is 4.46. The summed E-state index contributed by atoms with van der Waals surface area (Å²) in [4.78, 5) is 19.3. The van der Waals surface area contributed by atoms with E-state index in [9.17, 15) is 19.8 Å². The normalized spacial score (nSPS) is 13.2. The van der Waals surface area contributed by atoms with Crippen LogP contribution in [0.3, 0.4) is 0 Å². The minimum Gasteiger partial charge on any atom is -0.547 e. The molecule has 0 radical (unpaired) electrons. The van der Waals surface area contributed by atoms with Crippen molar-refractivity contribution in [2.75, 3.05) is 0 Å². The van der Waals surface area contributed by atoms with Gasteiger partial charge in [-0.3, -0.25) is 0 Å². The van der Waals surface area contributed by atoms with Gasteiger partial charge in [0.1, 0.15) is 12.2 Å². The summed E-state index contributed by atoms with van der Waals surface area (Å²) in [5, 5.41) is 35.7. The minimum absolute atomic E-state index is 0. The van der Waals surface area contributed by atoms with Crippen LogP contribution in [0.25, 0.3) is 0 Å². The van der Waals surface area contributed by atoms with Gasteiger partial charge in [0.25, 0.3) is 0 Å². The third kappa shape index (κ3) is 7.39. The summed E-state index contributed by atoms with van der Waals surface area (Å²) in [5.41, 5.74) is 0. The van der Waals surface area contributed by atoms with Crippen molar-refractivity contribution in [3.63, 3.8) is 0 Å². The number of rotatable bonds is 3. The molecule has 0 saturated heterocycles. The van der Waals surface area contributed by atoms with E-state index in [2.05, 4.69) is 0 Å². The Labute approximate surface area is 148 Å². The van der Waals surface area contributed by atoms with Crippen molar-refractivity contribution in [2.24, 2.45) is 0 Å². The Morgan fingerprint density at radius 1 is 1.00 bits per heavy atom. The third-order valence-electron chi connectivity index (χ3n) is 0.782. The van der Waals surface area contributed by atoms with Crippen molar-refractivity contribution in [2.45, 2.75) is 12.2 Å². The molecule has 0 aromatic heterocycles. The molecular formula is C4H4KO6Sr+. The summed E-state index contributed by atoms with van der Waals surface area (Å²) in [6, 6.07) is 0. The molecule has 0 heterocycles. The number of hydrogen-bond acceptors (Lipinski definition) is 6. The molecule has 2 atom stereocenters. The van der Waals surface area contributed by atoms with Crippen LogP contribution in [0.1, 0.15) is 0 Å². The van der Waals surface area contributed by atoms with Gasteiger partial charge in [0.15, 0.2) is 0 Å². The Kier molecular flexibility index (Phi) is 15.5. The summed E-state index contributed by atoms with van der Waals surface area (Å²) in [6.45, 7) is 0. The summed E-state index contributed by atoms with van der Waals surface area (Å²) >= 11 is 0. The molecule has 0 aromatic carbocycles. The van der Waals surface area contributed by atoms with Crippen LogP contribution in [0, 0.1) is 0 Å². The molecule has 0 saturated carbocycles. The number of hydrogen-bond donors (Lipinski definition) is 2. The van der Waals surface area contributed by atoms with Crippen LogP contribution in [-0.4, -0.2) is 79.8 Å². The van der Waals surface area contributed by atoms with E-state index in [1.54, 1.807) is 0 Å². The second kappa shape index (κ2) is 9.53. The first kappa shape index (κ1) is 19.5. The number of carboxylic acids is 2. The Hall–Kier alpha value is 1.98. The zero-order valence-electron chi connectivity index (χ0n) is 6.39. The fourth-order valence-electron chi connectivity index (χ4n) is 0.258. The van der Waals surface area contributed by atoms with Crippen LogP contribution in [-0.2, 0) is 9.59 Å². The average molecular weight is 275 g/mol.